The zero-order valence-electron chi connectivity index (χ0n) is 16.7. The van der Waals surface area contributed by atoms with E-state index in [1.165, 1.54) is 10.9 Å². The summed E-state index contributed by atoms with van der Waals surface area (Å²) in [7, 11) is 0. The Morgan fingerprint density at radius 2 is 2.09 bits per heavy atom. The number of anilines is 1. The molecular formula is C20H20ClIN6O4. The number of ether oxygens (including phenoxy) is 1. The molecule has 4 N–H and O–H groups in total. The monoisotopic (exact) mass is 570 g/mol. The van der Waals surface area contributed by atoms with Crippen LogP contribution in [0.25, 0.3) is 11.2 Å². The van der Waals surface area contributed by atoms with Gasteiger partial charge in [0, 0.05) is 16.2 Å². The number of aliphatic hydroxyl groups excluding tert-OH is 2. The summed E-state index contributed by atoms with van der Waals surface area (Å²) < 4.78 is 8.31. The number of nitrogens with one attached hydrogen (secondary N) is 2. The van der Waals surface area contributed by atoms with E-state index in [0.717, 1.165) is 22.0 Å². The number of nitrogens with zero attached hydrogens (tertiary/aromatic N) is 4. The van der Waals surface area contributed by atoms with Crippen LogP contribution in [0.2, 0.25) is 5.28 Å². The lowest BCUT2D eigenvalue weighted by Gasteiger charge is -2.16. The molecule has 2 aromatic heterocycles. The van der Waals surface area contributed by atoms with Gasteiger partial charge in [-0.3, -0.25) is 9.36 Å². The highest BCUT2D eigenvalue weighted by atomic mass is 127. The van der Waals surface area contributed by atoms with Crippen molar-refractivity contribution >= 4 is 57.1 Å². The summed E-state index contributed by atoms with van der Waals surface area (Å²) in [5.41, 5.74) is 1.80. The summed E-state index contributed by atoms with van der Waals surface area (Å²) in [6.45, 7) is 0.497. The summed E-state index contributed by atoms with van der Waals surface area (Å²) >= 11 is 8.40. The van der Waals surface area contributed by atoms with E-state index < -0.39 is 30.4 Å². The summed E-state index contributed by atoms with van der Waals surface area (Å²) in [5, 5.41) is 27.0. The molecule has 12 heteroatoms. The van der Waals surface area contributed by atoms with Crippen molar-refractivity contribution in [1.82, 2.24) is 24.8 Å². The average Bonchev–Trinajstić information content (AvgIpc) is 3.40. The van der Waals surface area contributed by atoms with Crippen molar-refractivity contribution in [2.24, 2.45) is 0 Å². The van der Waals surface area contributed by atoms with Crippen molar-refractivity contribution in [3.63, 3.8) is 0 Å². The molecule has 5 rings (SSSR count). The minimum Gasteiger partial charge on any atom is -0.387 e. The minimum atomic E-state index is -1.38. The van der Waals surface area contributed by atoms with Gasteiger partial charge in [0.2, 0.25) is 5.28 Å². The van der Waals surface area contributed by atoms with Gasteiger partial charge < -0.3 is 25.6 Å². The zero-order valence-corrected chi connectivity index (χ0v) is 19.6. The summed E-state index contributed by atoms with van der Waals surface area (Å²) in [5.74, 6) is -0.0212. The van der Waals surface area contributed by atoms with Gasteiger partial charge in [-0.25, -0.2) is 4.98 Å². The number of aromatic nitrogens is 4. The third-order valence-corrected chi connectivity index (χ3v) is 6.28. The summed E-state index contributed by atoms with van der Waals surface area (Å²) in [6, 6.07) is 8.12. The van der Waals surface area contributed by atoms with E-state index in [9.17, 15) is 15.0 Å². The minimum absolute atomic E-state index is 0.0135. The molecule has 1 aliphatic carbocycles. The molecule has 0 radical (unpaired) electrons. The first-order chi connectivity index (χ1) is 15.4. The van der Waals surface area contributed by atoms with Crippen molar-refractivity contribution in [2.45, 2.75) is 50.0 Å². The molecule has 0 spiro atoms. The molecule has 32 heavy (non-hydrogen) atoms. The SMILES string of the molecule is O=C(NC1CC1)[C@H]1O[C@@H](n2cnc3c(NCc4cccc(I)c4)nc(Cl)nc32)[C@H](O)[C@@H]1O. The van der Waals surface area contributed by atoms with Gasteiger partial charge in [-0.2, -0.15) is 9.97 Å². The molecule has 2 aliphatic rings. The van der Waals surface area contributed by atoms with Crippen molar-refractivity contribution in [1.29, 1.82) is 0 Å². The predicted molar refractivity (Wildman–Crippen MR) is 124 cm³/mol. The standard InChI is InChI=1S/C20H20ClIN6O4/c21-20-26-16(23-7-9-2-1-3-10(22)6-9)12-17(27-20)28(8-24-12)19-14(30)13(29)15(32-19)18(31)25-11-4-5-11/h1-3,6,8,11,13-15,19,29-30H,4-5,7H2,(H,25,31)(H,23,26,27)/t13-,14+,15-,19+/m0/s1. The molecule has 168 valence electrons. The van der Waals surface area contributed by atoms with Crippen LogP contribution in [0.4, 0.5) is 5.82 Å². The fraction of sp³-hybridized carbons (Fsp3) is 0.400. The number of rotatable bonds is 6. The quantitative estimate of drug-likeness (QED) is 0.259. The van der Waals surface area contributed by atoms with Crippen LogP contribution >= 0.6 is 34.2 Å². The highest BCUT2D eigenvalue weighted by Crippen LogP contribution is 2.33. The molecule has 4 atom stereocenters. The molecule has 10 nitrogen and oxygen atoms in total. The van der Waals surface area contributed by atoms with Crippen LogP contribution in [0.3, 0.4) is 0 Å². The predicted octanol–water partition coefficient (Wildman–Crippen LogP) is 1.59. The lowest BCUT2D eigenvalue weighted by molar-refractivity contribution is -0.137. The first kappa shape index (κ1) is 21.8. The first-order valence-corrected chi connectivity index (χ1v) is 11.6. The number of fused-ring (bicyclic) bond motifs is 1. The van der Waals surface area contributed by atoms with Crippen molar-refractivity contribution in [3.8, 4) is 0 Å². The van der Waals surface area contributed by atoms with E-state index in [0.29, 0.717) is 23.5 Å². The van der Waals surface area contributed by atoms with Crippen LogP contribution in [0, 0.1) is 3.57 Å². The Balaban J connectivity index is 1.40. The van der Waals surface area contributed by atoms with E-state index in [-0.39, 0.29) is 11.3 Å². The normalized spacial score (nSPS) is 25.2. The van der Waals surface area contributed by atoms with E-state index in [2.05, 4.69) is 48.2 Å². The lowest BCUT2D eigenvalue weighted by atomic mass is 10.1. The Morgan fingerprint density at radius 3 is 2.84 bits per heavy atom. The van der Waals surface area contributed by atoms with Gasteiger partial charge in [0.1, 0.15) is 12.2 Å². The number of hydrogen-bond donors (Lipinski definition) is 4. The second kappa shape index (κ2) is 8.71. The number of aliphatic hydroxyl groups is 2. The molecule has 1 amide bonds. The maximum Gasteiger partial charge on any atom is 0.252 e. The molecule has 1 aromatic carbocycles. The Bertz CT molecular complexity index is 1170. The Hall–Kier alpha value is -2.06. The molecule has 0 unspecified atom stereocenters. The molecule has 1 aliphatic heterocycles. The Labute approximate surface area is 201 Å². The van der Waals surface area contributed by atoms with Crippen molar-refractivity contribution in [2.75, 3.05) is 5.32 Å². The maximum atomic E-state index is 12.4. The second-order valence-corrected chi connectivity index (χ2v) is 9.44. The third-order valence-electron chi connectivity index (χ3n) is 5.44. The van der Waals surface area contributed by atoms with Crippen molar-refractivity contribution < 1.29 is 19.7 Å². The molecule has 1 saturated heterocycles. The zero-order chi connectivity index (χ0) is 22.4. The Morgan fingerprint density at radius 1 is 1.28 bits per heavy atom. The maximum absolute atomic E-state index is 12.4. The molecule has 3 aromatic rings. The summed E-state index contributed by atoms with van der Waals surface area (Å²) in [6.07, 6.45) is -1.75. The number of carbonyl (C=O) groups excluding carboxylic acids is 1. The average molecular weight is 571 g/mol. The van der Waals surface area contributed by atoms with Crippen LogP contribution < -0.4 is 10.6 Å². The molecule has 3 heterocycles. The molecule has 0 bridgehead atoms. The highest BCUT2D eigenvalue weighted by molar-refractivity contribution is 14.1. The summed E-state index contributed by atoms with van der Waals surface area (Å²) in [4.78, 5) is 25.2. The number of amides is 1. The largest absolute Gasteiger partial charge is 0.387 e. The van der Waals surface area contributed by atoms with Gasteiger partial charge in [0.25, 0.3) is 5.91 Å². The van der Waals surface area contributed by atoms with Gasteiger partial charge >= 0.3 is 0 Å². The lowest BCUT2D eigenvalue weighted by Crippen LogP contribution is -2.43. The fourth-order valence-corrected chi connectivity index (χ4v) is 4.42. The van der Waals surface area contributed by atoms with Crippen LogP contribution in [0.1, 0.15) is 24.6 Å². The first-order valence-electron chi connectivity index (χ1n) is 10.1. The van der Waals surface area contributed by atoms with E-state index in [1.807, 2.05) is 24.3 Å². The van der Waals surface area contributed by atoms with Gasteiger partial charge in [0.05, 0.1) is 6.33 Å². The van der Waals surface area contributed by atoms with Gasteiger partial charge in [0.15, 0.2) is 29.3 Å². The number of hydrogen-bond acceptors (Lipinski definition) is 8. The second-order valence-electron chi connectivity index (χ2n) is 7.86. The van der Waals surface area contributed by atoms with Crippen LogP contribution in [-0.4, -0.2) is 60.0 Å². The smallest absolute Gasteiger partial charge is 0.252 e. The van der Waals surface area contributed by atoms with E-state index >= 15 is 0 Å². The fourth-order valence-electron chi connectivity index (χ4n) is 3.65. The van der Waals surface area contributed by atoms with Gasteiger partial charge in [-0.1, -0.05) is 12.1 Å². The highest BCUT2D eigenvalue weighted by Gasteiger charge is 2.48. The molecule has 2 fully saturated rings. The number of halogens is 2. The van der Waals surface area contributed by atoms with E-state index in [1.54, 1.807) is 0 Å². The van der Waals surface area contributed by atoms with Gasteiger partial charge in [-0.05, 0) is 64.7 Å². The van der Waals surface area contributed by atoms with Crippen molar-refractivity contribution in [3.05, 3.63) is 45.0 Å². The van der Waals surface area contributed by atoms with E-state index in [4.69, 9.17) is 16.3 Å². The number of carbonyl (C=O) groups is 1. The number of imidazole rings is 1. The molecule has 1 saturated carbocycles. The Kier molecular flexibility index (Phi) is 5.92. The van der Waals surface area contributed by atoms with Gasteiger partial charge in [-0.15, -0.1) is 0 Å². The molecular weight excluding hydrogens is 551 g/mol. The number of benzene rings is 1. The van der Waals surface area contributed by atoms with Crippen LogP contribution in [0.5, 0.6) is 0 Å². The topological polar surface area (TPSA) is 134 Å². The third kappa shape index (κ3) is 4.27. The van der Waals surface area contributed by atoms with Crippen LogP contribution in [0.15, 0.2) is 30.6 Å². The van der Waals surface area contributed by atoms with Crippen LogP contribution in [-0.2, 0) is 16.1 Å².